The highest BCUT2D eigenvalue weighted by Crippen LogP contribution is 2.29. The molecule has 3 aromatic rings. The van der Waals surface area contributed by atoms with E-state index in [2.05, 4.69) is 15.4 Å². The lowest BCUT2D eigenvalue weighted by Crippen LogP contribution is -2.05. The van der Waals surface area contributed by atoms with Crippen LogP contribution in [0.4, 0.5) is 13.2 Å². The summed E-state index contributed by atoms with van der Waals surface area (Å²) in [5, 5.41) is 19.1. The van der Waals surface area contributed by atoms with Gasteiger partial charge in [0.2, 0.25) is 0 Å². The Bertz CT molecular complexity index is 927. The zero-order valence-corrected chi connectivity index (χ0v) is 13.4. The highest BCUT2D eigenvalue weighted by atomic mass is 19.4. The minimum absolute atomic E-state index is 0.148. The molecule has 0 spiro atoms. The summed E-state index contributed by atoms with van der Waals surface area (Å²) in [4.78, 5) is 0. The van der Waals surface area contributed by atoms with Crippen molar-refractivity contribution in [2.45, 2.75) is 19.2 Å². The molecule has 0 atom stereocenters. The van der Waals surface area contributed by atoms with E-state index < -0.39 is 11.7 Å². The van der Waals surface area contributed by atoms with Crippen LogP contribution in [0.1, 0.15) is 28.1 Å². The van der Waals surface area contributed by atoms with Crippen LogP contribution in [0.3, 0.4) is 0 Å². The van der Waals surface area contributed by atoms with Crippen molar-refractivity contribution in [1.82, 2.24) is 15.4 Å². The summed E-state index contributed by atoms with van der Waals surface area (Å²) in [6.07, 6.45) is -3.94. The van der Waals surface area contributed by atoms with Crippen LogP contribution in [-0.2, 0) is 19.2 Å². The summed E-state index contributed by atoms with van der Waals surface area (Å²) in [5.41, 5.74) is 1.59. The van der Waals surface area contributed by atoms with Crippen molar-refractivity contribution in [2.24, 2.45) is 0 Å². The average Bonchev–Trinajstić information content (AvgIpc) is 3.07. The monoisotopic (exact) mass is 358 g/mol. The average molecular weight is 358 g/mol. The highest BCUT2D eigenvalue weighted by Gasteiger charge is 2.29. The van der Waals surface area contributed by atoms with Crippen molar-refractivity contribution in [3.8, 4) is 11.8 Å². The first-order valence-electron chi connectivity index (χ1n) is 7.63. The van der Waals surface area contributed by atoms with E-state index in [0.29, 0.717) is 23.4 Å². The van der Waals surface area contributed by atoms with E-state index >= 15 is 0 Å². The maximum absolute atomic E-state index is 12.6. The van der Waals surface area contributed by atoms with Crippen LogP contribution in [0.5, 0.6) is 5.75 Å². The first-order chi connectivity index (χ1) is 12.5. The Kier molecular flexibility index (Phi) is 4.89. The summed E-state index contributed by atoms with van der Waals surface area (Å²) >= 11 is 0. The van der Waals surface area contributed by atoms with Gasteiger partial charge >= 0.3 is 6.18 Å². The zero-order chi connectivity index (χ0) is 18.6. The smallest absolute Gasteiger partial charge is 0.416 e. The van der Waals surface area contributed by atoms with Crippen molar-refractivity contribution in [2.75, 3.05) is 0 Å². The van der Waals surface area contributed by atoms with Crippen molar-refractivity contribution in [1.29, 1.82) is 5.26 Å². The zero-order valence-electron chi connectivity index (χ0n) is 13.4. The van der Waals surface area contributed by atoms with Crippen LogP contribution in [0.2, 0.25) is 0 Å². The summed E-state index contributed by atoms with van der Waals surface area (Å²) in [6, 6.07) is 14.0. The fourth-order valence-electron chi connectivity index (χ4n) is 2.36. The summed E-state index contributed by atoms with van der Waals surface area (Å²) < 4.78 is 43.3. The van der Waals surface area contributed by atoms with Crippen LogP contribution in [0.15, 0.2) is 48.5 Å². The number of H-pyrrole nitrogens is 1. The molecule has 0 radical (unpaired) electrons. The highest BCUT2D eigenvalue weighted by molar-refractivity contribution is 5.34. The Morgan fingerprint density at radius 2 is 1.81 bits per heavy atom. The molecule has 0 saturated carbocycles. The summed E-state index contributed by atoms with van der Waals surface area (Å²) in [7, 11) is 0. The lowest BCUT2D eigenvalue weighted by Gasteiger charge is -2.10. The largest absolute Gasteiger partial charge is 0.489 e. The van der Waals surface area contributed by atoms with Crippen molar-refractivity contribution in [3.63, 3.8) is 0 Å². The number of halogens is 3. The van der Waals surface area contributed by atoms with E-state index in [-0.39, 0.29) is 12.3 Å². The number of benzene rings is 2. The van der Waals surface area contributed by atoms with E-state index in [1.807, 2.05) is 12.1 Å². The molecule has 1 aromatic heterocycles. The van der Waals surface area contributed by atoms with Gasteiger partial charge in [-0.05, 0) is 35.4 Å². The molecule has 132 valence electrons. The maximum atomic E-state index is 12.6. The molecule has 2 aromatic carbocycles. The number of nitriles is 1. The number of alkyl halides is 3. The molecule has 0 amide bonds. The Balaban J connectivity index is 1.65. The molecule has 1 heterocycles. The van der Waals surface area contributed by atoms with Crippen LogP contribution < -0.4 is 4.74 Å². The van der Waals surface area contributed by atoms with Gasteiger partial charge in [0, 0.05) is 6.42 Å². The van der Waals surface area contributed by atoms with Gasteiger partial charge in [0.15, 0.2) is 5.69 Å². The molecule has 0 aliphatic rings. The minimum Gasteiger partial charge on any atom is -0.489 e. The molecule has 26 heavy (non-hydrogen) atoms. The van der Waals surface area contributed by atoms with E-state index in [0.717, 1.165) is 17.7 Å². The third-order valence-corrected chi connectivity index (χ3v) is 3.68. The molecule has 8 heteroatoms. The van der Waals surface area contributed by atoms with Crippen molar-refractivity contribution in [3.05, 3.63) is 76.6 Å². The van der Waals surface area contributed by atoms with Gasteiger partial charge in [-0.2, -0.15) is 28.7 Å². The standard InChI is InChI=1S/C18H13F3N4O/c19-18(20,21)14-6-4-12(5-7-14)11-26-15-3-1-2-13(8-15)9-16-17(10-22)24-25-23-16/h1-8H,9,11H2,(H,23,24,25). The molecular weight excluding hydrogens is 345 g/mol. The van der Waals surface area contributed by atoms with Crippen molar-refractivity contribution >= 4 is 0 Å². The Labute approximate surface area is 147 Å². The van der Waals surface area contributed by atoms with Gasteiger partial charge in [-0.15, -0.1) is 5.10 Å². The number of aromatic nitrogens is 3. The fourth-order valence-corrected chi connectivity index (χ4v) is 2.36. The summed E-state index contributed by atoms with van der Waals surface area (Å²) in [5.74, 6) is 0.574. The number of rotatable bonds is 5. The number of nitrogens with zero attached hydrogens (tertiary/aromatic N) is 3. The van der Waals surface area contributed by atoms with Gasteiger partial charge in [0.05, 0.1) is 5.56 Å². The number of hydrogen-bond acceptors (Lipinski definition) is 4. The number of ether oxygens (including phenoxy) is 1. The third kappa shape index (κ3) is 4.19. The number of nitrogens with one attached hydrogen (secondary N) is 1. The molecule has 3 rings (SSSR count). The van der Waals surface area contributed by atoms with Crippen LogP contribution >= 0.6 is 0 Å². The first-order valence-corrected chi connectivity index (χ1v) is 7.63. The second-order valence-corrected chi connectivity index (χ2v) is 5.54. The summed E-state index contributed by atoms with van der Waals surface area (Å²) in [6.45, 7) is 0.148. The molecule has 0 unspecified atom stereocenters. The van der Waals surface area contributed by atoms with Crippen LogP contribution in [0.25, 0.3) is 0 Å². The van der Waals surface area contributed by atoms with E-state index in [4.69, 9.17) is 10.00 Å². The second kappa shape index (κ2) is 7.27. The lowest BCUT2D eigenvalue weighted by atomic mass is 10.1. The minimum atomic E-state index is -4.35. The Morgan fingerprint density at radius 3 is 2.50 bits per heavy atom. The van der Waals surface area contributed by atoms with Crippen LogP contribution in [0, 0.1) is 11.3 Å². The van der Waals surface area contributed by atoms with Crippen LogP contribution in [-0.4, -0.2) is 15.4 Å². The third-order valence-electron chi connectivity index (χ3n) is 3.68. The van der Waals surface area contributed by atoms with E-state index in [1.54, 1.807) is 18.2 Å². The first kappa shape index (κ1) is 17.5. The van der Waals surface area contributed by atoms with Gasteiger partial charge < -0.3 is 4.74 Å². The molecule has 0 saturated heterocycles. The lowest BCUT2D eigenvalue weighted by molar-refractivity contribution is -0.137. The topological polar surface area (TPSA) is 74.6 Å². The van der Waals surface area contributed by atoms with Crippen molar-refractivity contribution < 1.29 is 17.9 Å². The van der Waals surface area contributed by atoms with Gasteiger partial charge in [0.25, 0.3) is 0 Å². The molecule has 5 nitrogen and oxygen atoms in total. The fraction of sp³-hybridized carbons (Fsp3) is 0.167. The molecule has 1 N–H and O–H groups in total. The van der Waals surface area contributed by atoms with Gasteiger partial charge in [-0.3, -0.25) is 0 Å². The molecule has 0 aliphatic carbocycles. The molecular formula is C18H13F3N4O. The molecule has 0 bridgehead atoms. The molecule has 0 fully saturated rings. The maximum Gasteiger partial charge on any atom is 0.416 e. The quantitative estimate of drug-likeness (QED) is 0.751. The predicted molar refractivity (Wildman–Crippen MR) is 86.1 cm³/mol. The van der Waals surface area contributed by atoms with E-state index in [9.17, 15) is 13.2 Å². The van der Waals surface area contributed by atoms with Gasteiger partial charge in [0.1, 0.15) is 24.1 Å². The Morgan fingerprint density at radius 1 is 1.04 bits per heavy atom. The Hall–Kier alpha value is -3.34. The second-order valence-electron chi connectivity index (χ2n) is 5.54. The molecule has 0 aliphatic heterocycles. The van der Waals surface area contributed by atoms with E-state index in [1.165, 1.54) is 12.1 Å². The predicted octanol–water partition coefficient (Wildman–Crippen LogP) is 3.86. The number of aromatic amines is 1. The normalized spacial score (nSPS) is 11.2. The van der Waals surface area contributed by atoms with Gasteiger partial charge in [-0.25, -0.2) is 0 Å². The van der Waals surface area contributed by atoms with Gasteiger partial charge in [-0.1, -0.05) is 24.3 Å². The number of hydrogen-bond donors (Lipinski definition) is 1. The SMILES string of the molecule is N#Cc1n[nH]nc1Cc1cccc(OCc2ccc(C(F)(F)F)cc2)c1.